The molecule has 3 rings (SSSR count). The van der Waals surface area contributed by atoms with Crippen LogP contribution in [0.3, 0.4) is 0 Å². The van der Waals surface area contributed by atoms with Crippen molar-refractivity contribution in [2.75, 3.05) is 7.11 Å². The van der Waals surface area contributed by atoms with Gasteiger partial charge in [0.15, 0.2) is 0 Å². The molecular weight excluding hydrogens is 355 g/mol. The molecule has 0 spiro atoms. The lowest BCUT2D eigenvalue weighted by Gasteiger charge is -2.13. The van der Waals surface area contributed by atoms with Crippen LogP contribution in [0.5, 0.6) is 5.88 Å². The third kappa shape index (κ3) is 4.49. The zero-order chi connectivity index (χ0) is 19.4. The van der Waals surface area contributed by atoms with E-state index < -0.39 is 11.7 Å². The Morgan fingerprint density at radius 2 is 1.74 bits per heavy atom. The first-order valence-corrected chi connectivity index (χ1v) is 8.47. The Morgan fingerprint density at radius 3 is 2.33 bits per heavy atom. The standard InChI is InChI=1S/C20H20F3N3O/c1-14(15-6-4-3-5-7-15)24-13-17-12-19(27-2)26(25-17)18-10-8-16(9-11-18)20(21,22)23/h3-12,14,24H,13H2,1-2H3/t14-/m1/s1. The summed E-state index contributed by atoms with van der Waals surface area (Å²) in [6.45, 7) is 2.56. The Hall–Kier alpha value is -2.80. The van der Waals surface area contributed by atoms with E-state index in [4.69, 9.17) is 4.74 Å². The molecule has 0 bridgehead atoms. The van der Waals surface area contributed by atoms with Gasteiger partial charge in [-0.1, -0.05) is 30.3 Å². The van der Waals surface area contributed by atoms with Crippen molar-refractivity contribution in [1.29, 1.82) is 0 Å². The molecule has 1 aromatic heterocycles. The smallest absolute Gasteiger partial charge is 0.416 e. The van der Waals surface area contributed by atoms with Crippen molar-refractivity contribution < 1.29 is 17.9 Å². The Kier molecular flexibility index (Phi) is 5.51. The Labute approximate surface area is 155 Å². The summed E-state index contributed by atoms with van der Waals surface area (Å²) in [5, 5.41) is 7.84. The van der Waals surface area contributed by atoms with E-state index >= 15 is 0 Å². The molecule has 0 aliphatic rings. The fourth-order valence-electron chi connectivity index (χ4n) is 2.74. The molecule has 7 heteroatoms. The van der Waals surface area contributed by atoms with Crippen molar-refractivity contribution in [3.63, 3.8) is 0 Å². The van der Waals surface area contributed by atoms with E-state index in [1.54, 1.807) is 6.07 Å². The van der Waals surface area contributed by atoms with E-state index in [9.17, 15) is 13.2 Å². The highest BCUT2D eigenvalue weighted by molar-refractivity contribution is 5.38. The lowest BCUT2D eigenvalue weighted by molar-refractivity contribution is -0.137. The number of hydrogen-bond donors (Lipinski definition) is 1. The molecule has 0 aliphatic carbocycles. The number of rotatable bonds is 6. The Bertz CT molecular complexity index is 874. The number of ether oxygens (including phenoxy) is 1. The van der Waals surface area contributed by atoms with E-state index in [-0.39, 0.29) is 6.04 Å². The summed E-state index contributed by atoms with van der Waals surface area (Å²) >= 11 is 0. The van der Waals surface area contributed by atoms with Crippen LogP contribution in [0.4, 0.5) is 13.2 Å². The molecule has 27 heavy (non-hydrogen) atoms. The second kappa shape index (κ2) is 7.84. The predicted molar refractivity (Wildman–Crippen MR) is 96.8 cm³/mol. The summed E-state index contributed by atoms with van der Waals surface area (Å²) in [5.41, 5.74) is 1.69. The zero-order valence-electron chi connectivity index (χ0n) is 15.0. The summed E-state index contributed by atoms with van der Waals surface area (Å²) in [7, 11) is 1.50. The van der Waals surface area contributed by atoms with Gasteiger partial charge in [-0.05, 0) is 36.8 Å². The maximum Gasteiger partial charge on any atom is 0.416 e. The molecule has 0 unspecified atom stereocenters. The summed E-state index contributed by atoms with van der Waals surface area (Å²) in [6.07, 6.45) is -4.37. The molecule has 142 valence electrons. The number of hydrogen-bond acceptors (Lipinski definition) is 3. The van der Waals surface area contributed by atoms with E-state index in [1.807, 2.05) is 30.3 Å². The van der Waals surface area contributed by atoms with Gasteiger partial charge in [0, 0.05) is 18.7 Å². The van der Waals surface area contributed by atoms with Crippen LogP contribution in [0.15, 0.2) is 60.7 Å². The van der Waals surface area contributed by atoms with Gasteiger partial charge in [-0.25, -0.2) is 4.68 Å². The molecule has 0 aliphatic heterocycles. The van der Waals surface area contributed by atoms with Gasteiger partial charge in [0.2, 0.25) is 5.88 Å². The van der Waals surface area contributed by atoms with E-state index in [2.05, 4.69) is 17.3 Å². The van der Waals surface area contributed by atoms with Gasteiger partial charge in [0.05, 0.1) is 24.1 Å². The highest BCUT2D eigenvalue weighted by Gasteiger charge is 2.30. The number of benzene rings is 2. The monoisotopic (exact) mass is 375 g/mol. The molecule has 1 atom stereocenters. The molecule has 0 saturated carbocycles. The molecule has 0 fully saturated rings. The topological polar surface area (TPSA) is 39.1 Å². The third-order valence-corrected chi connectivity index (χ3v) is 4.26. The molecular formula is C20H20F3N3O. The molecule has 0 radical (unpaired) electrons. The van der Waals surface area contributed by atoms with E-state index in [1.165, 1.54) is 23.9 Å². The van der Waals surface area contributed by atoms with E-state index in [0.29, 0.717) is 18.1 Å². The number of methoxy groups -OCH3 is 1. The van der Waals surface area contributed by atoms with Gasteiger partial charge < -0.3 is 10.1 Å². The average molecular weight is 375 g/mol. The van der Waals surface area contributed by atoms with Gasteiger partial charge in [0.25, 0.3) is 0 Å². The Morgan fingerprint density at radius 1 is 1.07 bits per heavy atom. The van der Waals surface area contributed by atoms with Crippen molar-refractivity contribution in [3.8, 4) is 11.6 Å². The minimum atomic E-state index is -4.37. The second-order valence-corrected chi connectivity index (χ2v) is 6.15. The summed E-state index contributed by atoms with van der Waals surface area (Å²) in [4.78, 5) is 0. The van der Waals surface area contributed by atoms with Gasteiger partial charge in [0.1, 0.15) is 0 Å². The molecule has 3 aromatic rings. The number of halogens is 3. The largest absolute Gasteiger partial charge is 0.481 e. The molecule has 0 amide bonds. The molecule has 2 aromatic carbocycles. The van der Waals surface area contributed by atoms with Crippen molar-refractivity contribution in [1.82, 2.24) is 15.1 Å². The predicted octanol–water partition coefficient (Wildman–Crippen LogP) is 4.75. The minimum Gasteiger partial charge on any atom is -0.481 e. The van der Waals surface area contributed by atoms with Crippen LogP contribution in [0, 0.1) is 0 Å². The first-order valence-electron chi connectivity index (χ1n) is 8.47. The third-order valence-electron chi connectivity index (χ3n) is 4.26. The first kappa shape index (κ1) is 19.0. The van der Waals surface area contributed by atoms with Crippen molar-refractivity contribution in [2.24, 2.45) is 0 Å². The number of alkyl halides is 3. The van der Waals surface area contributed by atoms with E-state index in [0.717, 1.165) is 23.4 Å². The van der Waals surface area contributed by atoms with Crippen LogP contribution < -0.4 is 10.1 Å². The van der Waals surface area contributed by atoms with Gasteiger partial charge >= 0.3 is 6.18 Å². The Balaban J connectivity index is 1.75. The van der Waals surface area contributed by atoms with Gasteiger partial charge in [-0.3, -0.25) is 0 Å². The highest BCUT2D eigenvalue weighted by Crippen LogP contribution is 2.30. The van der Waals surface area contributed by atoms with Gasteiger partial charge in [-0.2, -0.15) is 18.3 Å². The minimum absolute atomic E-state index is 0.133. The summed E-state index contributed by atoms with van der Waals surface area (Å²) in [6, 6.07) is 16.7. The van der Waals surface area contributed by atoms with Crippen molar-refractivity contribution >= 4 is 0 Å². The van der Waals surface area contributed by atoms with Crippen molar-refractivity contribution in [2.45, 2.75) is 25.7 Å². The maximum atomic E-state index is 12.7. The lowest BCUT2D eigenvalue weighted by atomic mass is 10.1. The normalized spacial score (nSPS) is 12.8. The van der Waals surface area contributed by atoms with Crippen molar-refractivity contribution in [3.05, 3.63) is 77.5 Å². The fourth-order valence-corrected chi connectivity index (χ4v) is 2.74. The lowest BCUT2D eigenvalue weighted by Crippen LogP contribution is -2.18. The molecule has 0 saturated heterocycles. The van der Waals surface area contributed by atoms with Gasteiger partial charge in [-0.15, -0.1) is 0 Å². The van der Waals surface area contributed by atoms with Crippen LogP contribution in [0.2, 0.25) is 0 Å². The maximum absolute atomic E-state index is 12.7. The number of nitrogens with zero attached hydrogens (tertiary/aromatic N) is 2. The summed E-state index contributed by atoms with van der Waals surface area (Å²) in [5.74, 6) is 0.457. The number of aromatic nitrogens is 2. The van der Waals surface area contributed by atoms with Crippen LogP contribution in [0.1, 0.15) is 29.8 Å². The molecule has 1 heterocycles. The SMILES string of the molecule is COc1cc(CN[C@H](C)c2ccccc2)nn1-c1ccc(C(F)(F)F)cc1. The first-order chi connectivity index (χ1) is 12.9. The van der Waals surface area contributed by atoms with Crippen LogP contribution >= 0.6 is 0 Å². The zero-order valence-corrected chi connectivity index (χ0v) is 15.0. The fraction of sp³-hybridized carbons (Fsp3) is 0.250. The average Bonchev–Trinajstić information content (AvgIpc) is 3.09. The highest BCUT2D eigenvalue weighted by atomic mass is 19.4. The van der Waals surface area contributed by atoms with Crippen LogP contribution in [-0.4, -0.2) is 16.9 Å². The summed E-state index contributed by atoms with van der Waals surface area (Å²) < 4.78 is 45.0. The molecule has 4 nitrogen and oxygen atoms in total. The second-order valence-electron chi connectivity index (χ2n) is 6.15. The quantitative estimate of drug-likeness (QED) is 0.676. The van der Waals surface area contributed by atoms with Crippen LogP contribution in [-0.2, 0) is 12.7 Å². The van der Waals surface area contributed by atoms with Crippen LogP contribution in [0.25, 0.3) is 5.69 Å². The number of nitrogens with one attached hydrogen (secondary N) is 1. The molecule has 1 N–H and O–H groups in total.